The number of hydrogen-bond acceptors (Lipinski definition) is 3. The lowest BCUT2D eigenvalue weighted by atomic mass is 9.82. The first-order valence-corrected chi connectivity index (χ1v) is 20.7. The van der Waals surface area contributed by atoms with E-state index in [-0.39, 0.29) is 5.41 Å². The Morgan fingerprint density at radius 3 is 1.63 bits per heavy atom. The molecule has 0 fully saturated rings. The van der Waals surface area contributed by atoms with Crippen LogP contribution >= 0.6 is 0 Å². The molecule has 2 aromatic heterocycles. The van der Waals surface area contributed by atoms with Crippen LogP contribution < -0.4 is 4.90 Å². The van der Waals surface area contributed by atoms with Crippen LogP contribution in [0.4, 0.5) is 17.1 Å². The molecule has 0 atom stereocenters. The molecule has 0 saturated carbocycles. The summed E-state index contributed by atoms with van der Waals surface area (Å²) < 4.78 is 12.6. The average Bonchev–Trinajstić information content (AvgIpc) is 3.94. The summed E-state index contributed by atoms with van der Waals surface area (Å²) in [7, 11) is 0. The molecule has 0 bridgehead atoms. The Hall–Kier alpha value is -7.62. The molecular formula is C57H39NO2. The van der Waals surface area contributed by atoms with Gasteiger partial charge in [0.1, 0.15) is 22.3 Å². The Morgan fingerprint density at radius 1 is 0.333 bits per heavy atom. The first-order valence-electron chi connectivity index (χ1n) is 20.7. The molecule has 60 heavy (non-hydrogen) atoms. The highest BCUT2D eigenvalue weighted by molar-refractivity contribution is 6.11. The van der Waals surface area contributed by atoms with Crippen molar-refractivity contribution in [2.24, 2.45) is 0 Å². The predicted octanol–water partition coefficient (Wildman–Crippen LogP) is 16.3. The zero-order chi connectivity index (χ0) is 40.0. The Balaban J connectivity index is 0.960. The van der Waals surface area contributed by atoms with Gasteiger partial charge in [0, 0.05) is 49.6 Å². The average molecular weight is 770 g/mol. The minimum absolute atomic E-state index is 0.121. The quantitative estimate of drug-likeness (QED) is 0.169. The third-order valence-electron chi connectivity index (χ3n) is 12.7. The van der Waals surface area contributed by atoms with Crippen molar-refractivity contribution in [3.8, 4) is 44.5 Å². The van der Waals surface area contributed by atoms with Crippen molar-refractivity contribution >= 4 is 60.9 Å². The summed E-state index contributed by atoms with van der Waals surface area (Å²) in [4.78, 5) is 2.39. The Bertz CT molecular complexity index is 3460. The number of anilines is 3. The summed E-state index contributed by atoms with van der Waals surface area (Å²) in [6.07, 6.45) is 0. The minimum atomic E-state index is -0.121. The van der Waals surface area contributed by atoms with Crippen molar-refractivity contribution in [2.75, 3.05) is 4.90 Å². The monoisotopic (exact) mass is 769 g/mol. The fourth-order valence-corrected chi connectivity index (χ4v) is 9.71. The molecule has 0 radical (unpaired) electrons. The lowest BCUT2D eigenvalue weighted by Gasteiger charge is -2.28. The molecule has 0 aliphatic heterocycles. The lowest BCUT2D eigenvalue weighted by molar-refractivity contribution is 0.660. The summed E-state index contributed by atoms with van der Waals surface area (Å²) >= 11 is 0. The molecule has 1 aliphatic carbocycles. The van der Waals surface area contributed by atoms with Crippen molar-refractivity contribution in [1.82, 2.24) is 0 Å². The van der Waals surface area contributed by atoms with Gasteiger partial charge in [-0.05, 0) is 111 Å². The van der Waals surface area contributed by atoms with Crippen LogP contribution in [0.25, 0.3) is 88.4 Å². The van der Waals surface area contributed by atoms with E-state index in [1.807, 2.05) is 24.3 Å². The highest BCUT2D eigenvalue weighted by Crippen LogP contribution is 2.51. The molecule has 9 aromatic carbocycles. The normalized spacial score (nSPS) is 13.0. The van der Waals surface area contributed by atoms with Gasteiger partial charge in [-0.3, -0.25) is 0 Å². The van der Waals surface area contributed by atoms with Crippen LogP contribution in [0.3, 0.4) is 0 Å². The van der Waals surface area contributed by atoms with Crippen molar-refractivity contribution < 1.29 is 8.83 Å². The molecule has 11 aromatic rings. The van der Waals surface area contributed by atoms with E-state index in [1.165, 1.54) is 22.3 Å². The Morgan fingerprint density at radius 2 is 0.867 bits per heavy atom. The number of furan rings is 2. The fraction of sp³-hybridized carbons (Fsp3) is 0.0526. The van der Waals surface area contributed by atoms with E-state index in [1.54, 1.807) is 0 Å². The molecule has 284 valence electrons. The molecule has 3 nitrogen and oxygen atoms in total. The lowest BCUT2D eigenvalue weighted by Crippen LogP contribution is -2.16. The zero-order valence-electron chi connectivity index (χ0n) is 33.3. The topological polar surface area (TPSA) is 29.5 Å². The second-order valence-electron chi connectivity index (χ2n) is 16.5. The minimum Gasteiger partial charge on any atom is -0.456 e. The summed E-state index contributed by atoms with van der Waals surface area (Å²) in [5.74, 6) is 0. The molecule has 0 spiro atoms. The molecule has 0 N–H and O–H groups in total. The van der Waals surface area contributed by atoms with Crippen LogP contribution in [-0.2, 0) is 5.41 Å². The molecule has 2 heterocycles. The second kappa shape index (κ2) is 13.2. The van der Waals surface area contributed by atoms with Gasteiger partial charge < -0.3 is 13.7 Å². The molecular weight excluding hydrogens is 731 g/mol. The van der Waals surface area contributed by atoms with Gasteiger partial charge in [-0.2, -0.15) is 0 Å². The highest BCUT2D eigenvalue weighted by Gasteiger charge is 2.35. The van der Waals surface area contributed by atoms with E-state index in [0.717, 1.165) is 94.3 Å². The van der Waals surface area contributed by atoms with Crippen LogP contribution in [0.5, 0.6) is 0 Å². The SMILES string of the molecule is CC1(C)c2ccccc2-c2ccc(N(c3ccc(-c4ccc5oc6ccccc6c5c4)cc3)c3ccc(-c4ccccc4-c4cccc5c4oc4ccccc45)cc3)cc21. The molecule has 0 unspecified atom stereocenters. The van der Waals surface area contributed by atoms with E-state index in [4.69, 9.17) is 8.83 Å². The van der Waals surface area contributed by atoms with Gasteiger partial charge in [-0.1, -0.05) is 153 Å². The predicted molar refractivity (Wildman–Crippen MR) is 250 cm³/mol. The van der Waals surface area contributed by atoms with E-state index in [0.29, 0.717) is 0 Å². The first kappa shape index (κ1) is 34.4. The summed E-state index contributed by atoms with van der Waals surface area (Å²) in [5, 5.41) is 4.53. The van der Waals surface area contributed by atoms with Gasteiger partial charge in [0.05, 0.1) is 0 Å². The van der Waals surface area contributed by atoms with Crippen LogP contribution in [0.1, 0.15) is 25.0 Å². The first-order chi connectivity index (χ1) is 29.5. The third-order valence-corrected chi connectivity index (χ3v) is 12.7. The zero-order valence-corrected chi connectivity index (χ0v) is 33.3. The maximum absolute atomic E-state index is 6.50. The Labute approximate surface area is 348 Å². The highest BCUT2D eigenvalue weighted by atomic mass is 16.3. The van der Waals surface area contributed by atoms with Gasteiger partial charge >= 0.3 is 0 Å². The maximum atomic E-state index is 6.50. The molecule has 0 saturated heterocycles. The molecule has 12 rings (SSSR count). The number of hydrogen-bond donors (Lipinski definition) is 0. The van der Waals surface area contributed by atoms with Crippen molar-refractivity contribution in [3.63, 3.8) is 0 Å². The van der Waals surface area contributed by atoms with Gasteiger partial charge in [0.25, 0.3) is 0 Å². The second-order valence-corrected chi connectivity index (χ2v) is 16.5. The number of fused-ring (bicyclic) bond motifs is 9. The summed E-state index contributed by atoms with van der Waals surface area (Å²) in [6, 6.07) is 72.0. The Kier molecular flexibility index (Phi) is 7.58. The van der Waals surface area contributed by atoms with Gasteiger partial charge in [-0.25, -0.2) is 0 Å². The van der Waals surface area contributed by atoms with Crippen molar-refractivity contribution in [3.05, 3.63) is 211 Å². The van der Waals surface area contributed by atoms with E-state index in [2.05, 4.69) is 195 Å². The fourth-order valence-electron chi connectivity index (χ4n) is 9.71. The van der Waals surface area contributed by atoms with Crippen LogP contribution in [-0.4, -0.2) is 0 Å². The van der Waals surface area contributed by atoms with E-state index in [9.17, 15) is 0 Å². The number of nitrogens with zero attached hydrogens (tertiary/aromatic N) is 1. The summed E-state index contributed by atoms with van der Waals surface area (Å²) in [5.41, 5.74) is 19.0. The molecule has 3 heteroatoms. The number of benzene rings is 9. The van der Waals surface area contributed by atoms with Gasteiger partial charge in [-0.15, -0.1) is 0 Å². The third kappa shape index (κ3) is 5.29. The van der Waals surface area contributed by atoms with Crippen molar-refractivity contribution in [1.29, 1.82) is 0 Å². The smallest absolute Gasteiger partial charge is 0.143 e. The number of para-hydroxylation sites is 3. The standard InChI is InChI=1S/C57H39NO2/c1-57(2)51-19-8-5-14-44(51)45-32-31-41(35-52(45)57)58(39-27-22-36(23-28-39)38-26-33-55-50(34-38)47-16-7-9-20-53(47)59-55)40-29-24-37(25-30-40)42-12-3-4-13-43(42)48-17-11-18-49-46-15-6-10-21-54(46)60-56(48)49/h3-35H,1-2H3. The van der Waals surface area contributed by atoms with Gasteiger partial charge in [0.15, 0.2) is 0 Å². The molecule has 0 amide bonds. The van der Waals surface area contributed by atoms with Gasteiger partial charge in [0.2, 0.25) is 0 Å². The number of rotatable bonds is 6. The van der Waals surface area contributed by atoms with Crippen molar-refractivity contribution in [2.45, 2.75) is 19.3 Å². The van der Waals surface area contributed by atoms with Crippen LogP contribution in [0, 0.1) is 0 Å². The van der Waals surface area contributed by atoms with E-state index < -0.39 is 0 Å². The van der Waals surface area contributed by atoms with Crippen LogP contribution in [0.15, 0.2) is 209 Å². The largest absolute Gasteiger partial charge is 0.456 e. The summed E-state index contributed by atoms with van der Waals surface area (Å²) in [6.45, 7) is 4.69. The maximum Gasteiger partial charge on any atom is 0.143 e. The molecule has 1 aliphatic rings. The van der Waals surface area contributed by atoms with Crippen LogP contribution in [0.2, 0.25) is 0 Å². The van der Waals surface area contributed by atoms with E-state index >= 15 is 0 Å².